The Kier molecular flexibility index (Phi) is 6.53. The van der Waals surface area contributed by atoms with Crippen molar-refractivity contribution in [1.29, 1.82) is 0 Å². The van der Waals surface area contributed by atoms with Gasteiger partial charge in [0.2, 0.25) is 0 Å². The fourth-order valence-corrected chi connectivity index (χ4v) is 6.03. The van der Waals surface area contributed by atoms with Crippen LogP contribution in [0.4, 0.5) is 4.39 Å². The molecule has 1 aliphatic heterocycles. The lowest BCUT2D eigenvalue weighted by molar-refractivity contribution is 0.00690. The minimum Gasteiger partial charge on any atom is -0.381 e. The highest BCUT2D eigenvalue weighted by Crippen LogP contribution is 2.37. The minimum atomic E-state index is -0.187. The van der Waals surface area contributed by atoms with Gasteiger partial charge in [0, 0.05) is 68.1 Å². The predicted molar refractivity (Wildman–Crippen MR) is 128 cm³/mol. The molecule has 6 heteroatoms. The molecule has 1 aromatic heterocycles. The topological polar surface area (TPSA) is 17.4 Å². The Morgan fingerprint density at radius 2 is 1.93 bits per heavy atom. The molecule has 0 amide bonds. The Morgan fingerprint density at radius 1 is 1.17 bits per heavy atom. The average molecular weight is 524 g/mol. The number of likely N-dealkylation sites (tertiary alicyclic amines) is 1. The van der Waals surface area contributed by atoms with Gasteiger partial charge in [-0.1, -0.05) is 18.2 Å². The molecule has 2 unspecified atom stereocenters. The Morgan fingerprint density at radius 3 is 2.62 bits per heavy atom. The molecule has 2 heterocycles. The molecule has 4 rings (SSSR count). The number of ether oxygens (including phenoxy) is 1. The third kappa shape index (κ3) is 4.22. The molecule has 3 aromatic rings. The lowest BCUT2D eigenvalue weighted by Crippen LogP contribution is -2.39. The number of nitrogens with zero attached hydrogens (tertiary/aromatic N) is 2. The number of hydrogen-bond donors (Lipinski definition) is 0. The lowest BCUT2D eigenvalue weighted by Gasteiger charge is -2.39. The summed E-state index contributed by atoms with van der Waals surface area (Å²) in [7, 11) is 3.49. The first-order valence-electron chi connectivity index (χ1n) is 9.93. The Bertz CT molecular complexity index is 1000. The van der Waals surface area contributed by atoms with Crippen LogP contribution in [0.5, 0.6) is 0 Å². The minimum absolute atomic E-state index is 0.187. The number of benzene rings is 2. The fraction of sp³-hybridized carbons (Fsp3) is 0.391. The Balaban J connectivity index is 1.71. The molecule has 0 aliphatic carbocycles. The van der Waals surface area contributed by atoms with Crippen LogP contribution in [0, 0.1) is 19.7 Å². The van der Waals surface area contributed by atoms with Crippen LogP contribution in [-0.4, -0.2) is 28.6 Å². The Hall–Kier alpha value is -1.09. The van der Waals surface area contributed by atoms with Gasteiger partial charge in [-0.25, -0.2) is 4.39 Å². The van der Waals surface area contributed by atoms with E-state index in [1.54, 1.807) is 28.4 Å². The SMILES string of the molecule is COC1CCN(Cc2c(C)cc(C)c3c2ccn3SI)C(c2ccc(F)cc2)C1. The average Bonchev–Trinajstić information content (AvgIpc) is 3.16. The van der Waals surface area contributed by atoms with Crippen molar-refractivity contribution in [3.63, 3.8) is 0 Å². The molecule has 0 bridgehead atoms. The molecule has 1 fully saturated rings. The maximum atomic E-state index is 13.5. The summed E-state index contributed by atoms with van der Waals surface area (Å²) in [6.07, 6.45) is 4.36. The summed E-state index contributed by atoms with van der Waals surface area (Å²) in [5.74, 6) is -0.187. The van der Waals surface area contributed by atoms with Gasteiger partial charge in [-0.05, 0) is 67.1 Å². The fourth-order valence-electron chi connectivity index (χ4n) is 4.62. The quantitative estimate of drug-likeness (QED) is 0.351. The van der Waals surface area contributed by atoms with Gasteiger partial charge in [-0.2, -0.15) is 0 Å². The highest BCUT2D eigenvalue weighted by Gasteiger charge is 2.30. The van der Waals surface area contributed by atoms with Gasteiger partial charge in [0.05, 0.1) is 11.6 Å². The van der Waals surface area contributed by atoms with Crippen molar-refractivity contribution in [2.75, 3.05) is 13.7 Å². The van der Waals surface area contributed by atoms with E-state index >= 15 is 0 Å². The normalized spacial score (nSPS) is 20.4. The molecule has 1 aliphatic rings. The van der Waals surface area contributed by atoms with E-state index in [0.29, 0.717) is 0 Å². The van der Waals surface area contributed by atoms with Crippen LogP contribution in [0.15, 0.2) is 42.6 Å². The maximum Gasteiger partial charge on any atom is 0.123 e. The summed E-state index contributed by atoms with van der Waals surface area (Å²) in [5.41, 5.74) is 6.49. The summed E-state index contributed by atoms with van der Waals surface area (Å²) >= 11 is 2.34. The molecule has 1 saturated heterocycles. The van der Waals surface area contributed by atoms with Gasteiger partial charge >= 0.3 is 0 Å². The summed E-state index contributed by atoms with van der Waals surface area (Å²) in [5, 5.41) is 1.33. The molecular formula is C23H26FIN2OS. The zero-order chi connectivity index (χ0) is 20.5. The van der Waals surface area contributed by atoms with E-state index in [4.69, 9.17) is 4.74 Å². The summed E-state index contributed by atoms with van der Waals surface area (Å²) in [6.45, 7) is 6.26. The third-order valence-corrected chi connectivity index (χ3v) is 7.87. The summed E-state index contributed by atoms with van der Waals surface area (Å²) in [4.78, 5) is 2.54. The molecule has 0 saturated carbocycles. The first-order valence-corrected chi connectivity index (χ1v) is 13.2. The lowest BCUT2D eigenvalue weighted by atomic mass is 9.91. The van der Waals surface area contributed by atoms with Crippen LogP contribution in [0.25, 0.3) is 10.9 Å². The Labute approximate surface area is 188 Å². The maximum absolute atomic E-state index is 13.5. The van der Waals surface area contributed by atoms with E-state index in [0.717, 1.165) is 31.5 Å². The molecule has 29 heavy (non-hydrogen) atoms. The van der Waals surface area contributed by atoms with Crippen molar-refractivity contribution in [2.24, 2.45) is 0 Å². The summed E-state index contributed by atoms with van der Waals surface area (Å²) < 4.78 is 21.4. The van der Waals surface area contributed by atoms with Crippen molar-refractivity contribution >= 4 is 41.2 Å². The second kappa shape index (κ2) is 8.96. The number of fused-ring (bicyclic) bond motifs is 1. The van der Waals surface area contributed by atoms with Gasteiger partial charge < -0.3 is 4.74 Å². The van der Waals surface area contributed by atoms with Gasteiger partial charge in [0.1, 0.15) is 5.82 Å². The van der Waals surface area contributed by atoms with Crippen LogP contribution in [0.2, 0.25) is 0 Å². The van der Waals surface area contributed by atoms with E-state index < -0.39 is 0 Å². The van der Waals surface area contributed by atoms with E-state index in [2.05, 4.69) is 62.3 Å². The third-order valence-electron chi connectivity index (χ3n) is 6.15. The highest BCUT2D eigenvalue weighted by molar-refractivity contribution is 14.2. The van der Waals surface area contributed by atoms with E-state index in [-0.39, 0.29) is 18.0 Å². The van der Waals surface area contributed by atoms with Crippen LogP contribution in [0.3, 0.4) is 0 Å². The van der Waals surface area contributed by atoms with E-state index in [9.17, 15) is 4.39 Å². The molecular weight excluding hydrogens is 498 g/mol. The van der Waals surface area contributed by atoms with Crippen molar-refractivity contribution in [3.8, 4) is 0 Å². The molecule has 0 radical (unpaired) electrons. The number of hydrogen-bond acceptors (Lipinski definition) is 3. The zero-order valence-electron chi connectivity index (χ0n) is 17.0. The standard InChI is InChI=1S/C23H26FIN2OS/c1-15-12-16(2)23-20(9-11-27(23)29-25)21(15)14-26-10-8-19(28-3)13-22(26)17-4-6-18(24)7-5-17/h4-7,9,11-12,19,22H,8,10,13-14H2,1-3H3. The molecule has 3 nitrogen and oxygen atoms in total. The molecule has 154 valence electrons. The first-order chi connectivity index (χ1) is 14.0. The van der Waals surface area contributed by atoms with Gasteiger partial charge in [-0.3, -0.25) is 8.87 Å². The van der Waals surface area contributed by atoms with Crippen LogP contribution in [0.1, 0.15) is 41.1 Å². The predicted octanol–water partition coefficient (Wildman–Crippen LogP) is 6.60. The van der Waals surface area contributed by atoms with Gasteiger partial charge in [0.25, 0.3) is 0 Å². The zero-order valence-corrected chi connectivity index (χ0v) is 20.0. The number of aromatic nitrogens is 1. The molecule has 2 atom stereocenters. The van der Waals surface area contributed by atoms with Crippen molar-refractivity contribution < 1.29 is 9.13 Å². The highest BCUT2D eigenvalue weighted by atomic mass is 127. The van der Waals surface area contributed by atoms with E-state index in [1.807, 2.05) is 12.1 Å². The van der Waals surface area contributed by atoms with Gasteiger partial charge in [-0.15, -0.1) is 0 Å². The number of aryl methyl sites for hydroxylation is 2. The molecule has 2 aromatic carbocycles. The monoisotopic (exact) mass is 524 g/mol. The smallest absolute Gasteiger partial charge is 0.123 e. The van der Waals surface area contributed by atoms with Crippen LogP contribution < -0.4 is 0 Å². The van der Waals surface area contributed by atoms with E-state index in [1.165, 1.54) is 27.6 Å². The second-order valence-electron chi connectivity index (χ2n) is 7.88. The van der Waals surface area contributed by atoms with Crippen LogP contribution >= 0.6 is 30.3 Å². The number of halogens is 2. The van der Waals surface area contributed by atoms with Crippen molar-refractivity contribution in [3.05, 3.63) is 70.7 Å². The second-order valence-corrected chi connectivity index (χ2v) is 9.59. The largest absolute Gasteiger partial charge is 0.381 e. The number of piperidine rings is 1. The van der Waals surface area contributed by atoms with Crippen LogP contribution in [-0.2, 0) is 11.3 Å². The van der Waals surface area contributed by atoms with Crippen molar-refractivity contribution in [2.45, 2.75) is 45.4 Å². The van der Waals surface area contributed by atoms with Crippen molar-refractivity contribution in [1.82, 2.24) is 8.87 Å². The molecule has 0 N–H and O–H groups in total. The number of rotatable bonds is 5. The first kappa shape index (κ1) is 21.2. The number of methoxy groups -OCH3 is 1. The van der Waals surface area contributed by atoms with Gasteiger partial charge in [0.15, 0.2) is 0 Å². The summed E-state index contributed by atoms with van der Waals surface area (Å²) in [6, 6.07) is 11.7. The molecule has 0 spiro atoms.